The molecule has 0 saturated carbocycles. The van der Waals surface area contributed by atoms with E-state index in [1.807, 2.05) is 0 Å². The van der Waals surface area contributed by atoms with Gasteiger partial charge in [0.15, 0.2) is 5.65 Å². The van der Waals surface area contributed by atoms with Gasteiger partial charge in [0.2, 0.25) is 0 Å². The first-order chi connectivity index (χ1) is 8.51. The zero-order valence-electron chi connectivity index (χ0n) is 9.69. The summed E-state index contributed by atoms with van der Waals surface area (Å²) in [6.07, 6.45) is -9.46. The molecule has 0 atom stereocenters. The van der Waals surface area contributed by atoms with Gasteiger partial charge in [-0.3, -0.25) is 0 Å². The molecule has 0 bridgehead atoms. The predicted molar refractivity (Wildman–Crippen MR) is 52.5 cm³/mol. The second-order valence-electron chi connectivity index (χ2n) is 3.99. The van der Waals surface area contributed by atoms with Crippen LogP contribution in [0.4, 0.5) is 26.3 Å². The number of nitrogens with zero attached hydrogens (tertiary/aromatic N) is 3. The Labute approximate surface area is 102 Å². The third kappa shape index (κ3) is 2.24. The van der Waals surface area contributed by atoms with Crippen LogP contribution in [0.2, 0.25) is 0 Å². The highest BCUT2D eigenvalue weighted by atomic mass is 19.4. The quantitative estimate of drug-likeness (QED) is 0.694. The van der Waals surface area contributed by atoms with E-state index in [2.05, 4.69) is 10.1 Å². The molecule has 0 radical (unpaired) electrons. The topological polar surface area (TPSA) is 30.2 Å². The van der Waals surface area contributed by atoms with E-state index in [0.717, 1.165) is 13.0 Å². The third-order valence-corrected chi connectivity index (χ3v) is 2.59. The molecule has 0 aliphatic carbocycles. The normalized spacial score (nSPS) is 13.3. The first-order valence-corrected chi connectivity index (χ1v) is 5.03. The van der Waals surface area contributed by atoms with E-state index in [0.29, 0.717) is 4.52 Å². The van der Waals surface area contributed by atoms with Crippen LogP contribution in [-0.2, 0) is 12.4 Å². The van der Waals surface area contributed by atoms with Crippen molar-refractivity contribution in [1.29, 1.82) is 0 Å². The lowest BCUT2D eigenvalue weighted by molar-refractivity contribution is -0.144. The second-order valence-corrected chi connectivity index (χ2v) is 3.99. The number of rotatable bonds is 0. The Morgan fingerprint density at radius 2 is 1.58 bits per heavy atom. The zero-order valence-corrected chi connectivity index (χ0v) is 9.69. The molecular weight excluding hydrogens is 276 g/mol. The highest BCUT2D eigenvalue weighted by Crippen LogP contribution is 2.34. The molecular formula is C10H7F6N3. The van der Waals surface area contributed by atoms with Gasteiger partial charge in [-0.25, -0.2) is 9.50 Å². The molecule has 3 nitrogen and oxygen atoms in total. The average molecular weight is 283 g/mol. The monoisotopic (exact) mass is 283 g/mol. The molecule has 0 unspecified atom stereocenters. The molecule has 0 N–H and O–H groups in total. The molecule has 0 spiro atoms. The summed E-state index contributed by atoms with van der Waals surface area (Å²) in [6, 6.07) is 0.763. The van der Waals surface area contributed by atoms with E-state index < -0.39 is 29.4 Å². The molecule has 2 rings (SSSR count). The van der Waals surface area contributed by atoms with Crippen LogP contribution < -0.4 is 0 Å². The number of pyridine rings is 1. The fraction of sp³-hybridized carbons (Fsp3) is 0.400. The molecule has 0 aliphatic rings. The van der Waals surface area contributed by atoms with E-state index >= 15 is 0 Å². The first kappa shape index (κ1) is 13.6. The number of hydrogen-bond donors (Lipinski definition) is 0. The Balaban J connectivity index is 2.79. The van der Waals surface area contributed by atoms with Crippen molar-refractivity contribution >= 4 is 5.65 Å². The van der Waals surface area contributed by atoms with E-state index in [1.54, 1.807) is 0 Å². The number of hydrogen-bond acceptors (Lipinski definition) is 2. The van der Waals surface area contributed by atoms with Crippen LogP contribution in [0.25, 0.3) is 5.65 Å². The number of halogens is 6. The van der Waals surface area contributed by atoms with Gasteiger partial charge >= 0.3 is 12.4 Å². The lowest BCUT2D eigenvalue weighted by Gasteiger charge is -2.12. The summed E-state index contributed by atoms with van der Waals surface area (Å²) in [5.41, 5.74) is -1.73. The summed E-state index contributed by atoms with van der Waals surface area (Å²) < 4.78 is 76.1. The SMILES string of the molecule is Cc1cc(C(F)(F)F)c(C)n2nc(C(F)(F)F)nc12. The Morgan fingerprint density at radius 3 is 2.05 bits per heavy atom. The highest BCUT2D eigenvalue weighted by Gasteiger charge is 2.38. The summed E-state index contributed by atoms with van der Waals surface area (Å²) in [5.74, 6) is -1.46. The van der Waals surface area contributed by atoms with Crippen molar-refractivity contribution in [1.82, 2.24) is 14.6 Å². The molecule has 0 aliphatic heterocycles. The Morgan fingerprint density at radius 1 is 1.00 bits per heavy atom. The maximum absolute atomic E-state index is 12.7. The number of aromatic nitrogens is 3. The summed E-state index contributed by atoms with van der Waals surface area (Å²) in [5, 5.41) is 3.10. The van der Waals surface area contributed by atoms with Gasteiger partial charge in [-0.05, 0) is 25.5 Å². The summed E-state index contributed by atoms with van der Waals surface area (Å²) in [4.78, 5) is 3.23. The van der Waals surface area contributed by atoms with Crippen LogP contribution in [0.3, 0.4) is 0 Å². The molecule has 9 heteroatoms. The van der Waals surface area contributed by atoms with Crippen LogP contribution in [0.1, 0.15) is 22.6 Å². The molecule has 2 aromatic rings. The van der Waals surface area contributed by atoms with Gasteiger partial charge in [0.1, 0.15) is 0 Å². The van der Waals surface area contributed by atoms with Crippen molar-refractivity contribution in [3.05, 3.63) is 28.7 Å². The van der Waals surface area contributed by atoms with Gasteiger partial charge in [-0.2, -0.15) is 26.3 Å². The number of aryl methyl sites for hydroxylation is 2. The fourth-order valence-corrected chi connectivity index (χ4v) is 1.71. The van der Waals surface area contributed by atoms with Crippen molar-refractivity contribution in [2.45, 2.75) is 26.2 Å². The smallest absolute Gasteiger partial charge is 0.217 e. The van der Waals surface area contributed by atoms with E-state index in [4.69, 9.17) is 0 Å². The molecule has 0 aromatic carbocycles. The van der Waals surface area contributed by atoms with Crippen LogP contribution in [0.15, 0.2) is 6.07 Å². The first-order valence-electron chi connectivity index (χ1n) is 5.03. The molecule has 0 saturated heterocycles. The van der Waals surface area contributed by atoms with Gasteiger partial charge < -0.3 is 0 Å². The molecule has 104 valence electrons. The van der Waals surface area contributed by atoms with Gasteiger partial charge in [-0.1, -0.05) is 0 Å². The van der Waals surface area contributed by atoms with Crippen LogP contribution in [-0.4, -0.2) is 14.6 Å². The van der Waals surface area contributed by atoms with E-state index in [-0.39, 0.29) is 11.2 Å². The van der Waals surface area contributed by atoms with Gasteiger partial charge in [0.05, 0.1) is 11.3 Å². The Bertz CT molecular complexity index is 637. The fourth-order valence-electron chi connectivity index (χ4n) is 1.71. The molecule has 0 amide bonds. The predicted octanol–water partition coefficient (Wildman–Crippen LogP) is 3.38. The van der Waals surface area contributed by atoms with Gasteiger partial charge in [-0.15, -0.1) is 5.10 Å². The lowest BCUT2D eigenvalue weighted by atomic mass is 10.1. The maximum atomic E-state index is 12.7. The van der Waals surface area contributed by atoms with Gasteiger partial charge in [0, 0.05) is 0 Å². The van der Waals surface area contributed by atoms with Crippen LogP contribution >= 0.6 is 0 Å². The maximum Gasteiger partial charge on any atom is 0.453 e. The molecule has 0 fully saturated rings. The minimum absolute atomic E-state index is 0.0269. The summed E-state index contributed by atoms with van der Waals surface area (Å²) in [7, 11) is 0. The Hall–Kier alpha value is -1.80. The van der Waals surface area contributed by atoms with Crippen molar-refractivity contribution in [2.24, 2.45) is 0 Å². The molecule has 2 aromatic heterocycles. The zero-order chi connectivity index (χ0) is 14.6. The molecule has 2 heterocycles. The number of alkyl halides is 6. The van der Waals surface area contributed by atoms with Gasteiger partial charge in [0.25, 0.3) is 5.82 Å². The summed E-state index contributed by atoms with van der Waals surface area (Å²) in [6.45, 7) is 2.29. The van der Waals surface area contributed by atoms with Crippen LogP contribution in [0, 0.1) is 13.8 Å². The van der Waals surface area contributed by atoms with Crippen LogP contribution in [0.5, 0.6) is 0 Å². The largest absolute Gasteiger partial charge is 0.453 e. The Kier molecular flexibility index (Phi) is 2.76. The minimum Gasteiger partial charge on any atom is -0.217 e. The molecule has 19 heavy (non-hydrogen) atoms. The highest BCUT2D eigenvalue weighted by molar-refractivity contribution is 5.50. The third-order valence-electron chi connectivity index (χ3n) is 2.59. The lowest BCUT2D eigenvalue weighted by Crippen LogP contribution is -2.12. The van der Waals surface area contributed by atoms with E-state index in [9.17, 15) is 26.3 Å². The number of fused-ring (bicyclic) bond motifs is 1. The van der Waals surface area contributed by atoms with Crippen molar-refractivity contribution in [3.8, 4) is 0 Å². The van der Waals surface area contributed by atoms with Crippen molar-refractivity contribution < 1.29 is 26.3 Å². The van der Waals surface area contributed by atoms with Crippen molar-refractivity contribution in [2.75, 3.05) is 0 Å². The second kappa shape index (κ2) is 3.84. The summed E-state index contributed by atoms with van der Waals surface area (Å²) >= 11 is 0. The minimum atomic E-state index is -4.80. The van der Waals surface area contributed by atoms with Crippen molar-refractivity contribution in [3.63, 3.8) is 0 Å². The average Bonchev–Trinajstić information content (AvgIpc) is 2.66. The standard InChI is InChI=1S/C10H7F6N3/c1-4-3-6(9(11,12)13)5(2)19-7(4)17-8(18-19)10(14,15)16/h3H,1-2H3. The van der Waals surface area contributed by atoms with E-state index in [1.165, 1.54) is 6.92 Å².